The second-order valence-corrected chi connectivity index (χ2v) is 10.8. The van der Waals surface area contributed by atoms with E-state index in [1.165, 1.54) is 32.1 Å². The van der Waals surface area contributed by atoms with Crippen LogP contribution in [0.4, 0.5) is 0 Å². The lowest BCUT2D eigenvalue weighted by Gasteiger charge is -2.12. The number of hydrogen-bond acceptors (Lipinski definition) is 5. The van der Waals surface area contributed by atoms with Crippen LogP contribution < -0.4 is 5.32 Å². The number of rotatable bonds is 27. The molecule has 0 heterocycles. The first-order valence-corrected chi connectivity index (χ1v) is 14.9. The van der Waals surface area contributed by atoms with E-state index in [4.69, 9.17) is 5.11 Å². The Hall–Kier alpha value is -2.25. The van der Waals surface area contributed by atoms with Crippen LogP contribution in [0.3, 0.4) is 0 Å². The Kier molecular flexibility index (Phi) is 22.4. The van der Waals surface area contributed by atoms with Gasteiger partial charge in [-0.05, 0) is 39.0 Å². The fraction of sp³-hybridized carbons (Fsp3) is 0.833. The molecule has 0 radical (unpaired) electrons. The van der Waals surface area contributed by atoms with Gasteiger partial charge in [0.15, 0.2) is 0 Å². The number of aliphatic carboxylic acids is 2. The summed E-state index contributed by atoms with van der Waals surface area (Å²) in [6, 6.07) is 0. The van der Waals surface area contributed by atoms with E-state index in [0.717, 1.165) is 64.2 Å². The zero-order valence-electron chi connectivity index (χ0n) is 23.9. The van der Waals surface area contributed by atoms with E-state index in [1.807, 2.05) is 6.92 Å². The summed E-state index contributed by atoms with van der Waals surface area (Å²) in [7, 11) is 0. The molecule has 0 saturated carbocycles. The van der Waals surface area contributed by atoms with E-state index in [9.17, 15) is 29.1 Å². The highest BCUT2D eigenvalue weighted by molar-refractivity contribution is 5.84. The topological polar surface area (TPSA) is 138 Å². The lowest BCUT2D eigenvalue weighted by molar-refractivity contribution is -0.144. The average Bonchev–Trinajstić information content (AvgIpc) is 2.85. The first-order chi connectivity index (χ1) is 18.1. The number of hydrogen-bond donors (Lipinski definition) is 3. The molecule has 2 atom stereocenters. The van der Waals surface area contributed by atoms with Crippen molar-refractivity contribution in [1.82, 2.24) is 5.32 Å². The quantitative estimate of drug-likeness (QED) is 0.101. The van der Waals surface area contributed by atoms with Crippen molar-refractivity contribution in [3.05, 3.63) is 0 Å². The summed E-state index contributed by atoms with van der Waals surface area (Å²) in [4.78, 5) is 57.5. The van der Waals surface area contributed by atoms with Crippen LogP contribution in [0.25, 0.3) is 0 Å². The molecule has 8 nitrogen and oxygen atoms in total. The summed E-state index contributed by atoms with van der Waals surface area (Å²) in [6.07, 6.45) is 16.2. The lowest BCUT2D eigenvalue weighted by atomic mass is 9.94. The van der Waals surface area contributed by atoms with E-state index < -0.39 is 17.9 Å². The lowest BCUT2D eigenvalue weighted by Crippen LogP contribution is -2.26. The third-order valence-electron chi connectivity index (χ3n) is 7.22. The van der Waals surface area contributed by atoms with Gasteiger partial charge in [0.1, 0.15) is 11.6 Å². The molecule has 0 fully saturated rings. The fourth-order valence-corrected chi connectivity index (χ4v) is 4.46. The minimum Gasteiger partial charge on any atom is -0.481 e. The SMILES string of the molecule is CC(=O)[C@@H](C)CCCCNC(=O)CC[C@H](CC(=O)CCCCCCCCCCCCCCC(=O)O)C(=O)O. The summed E-state index contributed by atoms with van der Waals surface area (Å²) in [5.74, 6) is -2.58. The highest BCUT2D eigenvalue weighted by atomic mass is 16.4. The normalized spacial score (nSPS) is 12.6. The van der Waals surface area contributed by atoms with Crippen molar-refractivity contribution in [2.75, 3.05) is 6.54 Å². The van der Waals surface area contributed by atoms with Crippen LogP contribution in [0.1, 0.15) is 142 Å². The molecule has 3 N–H and O–H groups in total. The van der Waals surface area contributed by atoms with Crippen LogP contribution in [-0.2, 0) is 24.0 Å². The number of amides is 1. The van der Waals surface area contributed by atoms with Crippen molar-refractivity contribution in [3.8, 4) is 0 Å². The van der Waals surface area contributed by atoms with E-state index >= 15 is 0 Å². The summed E-state index contributed by atoms with van der Waals surface area (Å²) in [5.41, 5.74) is 0. The van der Waals surface area contributed by atoms with Crippen molar-refractivity contribution in [1.29, 1.82) is 0 Å². The fourth-order valence-electron chi connectivity index (χ4n) is 4.46. The van der Waals surface area contributed by atoms with E-state index in [0.29, 0.717) is 13.0 Å². The van der Waals surface area contributed by atoms with Gasteiger partial charge >= 0.3 is 11.9 Å². The van der Waals surface area contributed by atoms with Gasteiger partial charge in [-0.15, -0.1) is 0 Å². The van der Waals surface area contributed by atoms with Crippen molar-refractivity contribution in [3.63, 3.8) is 0 Å². The van der Waals surface area contributed by atoms with E-state index in [1.54, 1.807) is 6.92 Å². The van der Waals surface area contributed by atoms with Crippen LogP contribution in [0, 0.1) is 11.8 Å². The molecule has 0 aliphatic heterocycles. The molecule has 38 heavy (non-hydrogen) atoms. The van der Waals surface area contributed by atoms with Crippen molar-refractivity contribution in [2.24, 2.45) is 11.8 Å². The minimum atomic E-state index is -1.02. The molecule has 0 spiro atoms. The Balaban J connectivity index is 3.75. The Bertz CT molecular complexity index is 692. The zero-order valence-corrected chi connectivity index (χ0v) is 23.9. The molecular formula is C30H53NO7. The third-order valence-corrected chi connectivity index (χ3v) is 7.22. The second kappa shape index (κ2) is 23.8. The van der Waals surface area contributed by atoms with Gasteiger partial charge in [0.25, 0.3) is 0 Å². The number of carboxylic acids is 2. The maximum Gasteiger partial charge on any atom is 0.306 e. The summed E-state index contributed by atoms with van der Waals surface area (Å²) in [5, 5.41) is 20.9. The van der Waals surface area contributed by atoms with Gasteiger partial charge in [0.2, 0.25) is 5.91 Å². The van der Waals surface area contributed by atoms with Gasteiger partial charge in [0, 0.05) is 38.1 Å². The Morgan fingerprint density at radius 3 is 1.61 bits per heavy atom. The van der Waals surface area contributed by atoms with Gasteiger partial charge in [-0.2, -0.15) is 0 Å². The van der Waals surface area contributed by atoms with Crippen molar-refractivity contribution in [2.45, 2.75) is 142 Å². The molecule has 0 aromatic heterocycles. The maximum absolute atomic E-state index is 12.3. The number of ketones is 2. The highest BCUT2D eigenvalue weighted by Gasteiger charge is 2.22. The van der Waals surface area contributed by atoms with Gasteiger partial charge in [-0.3, -0.25) is 24.0 Å². The summed E-state index contributed by atoms with van der Waals surface area (Å²) >= 11 is 0. The third kappa shape index (κ3) is 22.9. The molecule has 8 heteroatoms. The van der Waals surface area contributed by atoms with Crippen molar-refractivity contribution >= 4 is 29.4 Å². The molecule has 0 aromatic rings. The number of carboxylic acid groups (broad SMARTS) is 2. The molecule has 220 valence electrons. The zero-order chi connectivity index (χ0) is 28.6. The molecule has 0 unspecified atom stereocenters. The van der Waals surface area contributed by atoms with Crippen molar-refractivity contribution < 1.29 is 34.2 Å². The number of carbonyl (C=O) groups is 5. The summed E-state index contributed by atoms with van der Waals surface area (Å²) in [6.45, 7) is 3.99. The highest BCUT2D eigenvalue weighted by Crippen LogP contribution is 2.17. The Morgan fingerprint density at radius 1 is 0.632 bits per heavy atom. The molecule has 0 bridgehead atoms. The minimum absolute atomic E-state index is 0.0120. The average molecular weight is 540 g/mol. The van der Waals surface area contributed by atoms with Crippen LogP contribution in [-0.4, -0.2) is 46.2 Å². The Morgan fingerprint density at radius 2 is 1.13 bits per heavy atom. The number of unbranched alkanes of at least 4 members (excludes halogenated alkanes) is 12. The first kappa shape index (κ1) is 35.8. The number of nitrogens with one attached hydrogen (secondary N) is 1. The smallest absolute Gasteiger partial charge is 0.306 e. The van der Waals surface area contributed by atoms with Gasteiger partial charge in [-0.25, -0.2) is 0 Å². The molecule has 0 rings (SSSR count). The molecule has 0 saturated heterocycles. The molecule has 0 aliphatic rings. The number of Topliss-reactive ketones (excluding diaryl/α,β-unsaturated/α-hetero) is 2. The second-order valence-electron chi connectivity index (χ2n) is 10.8. The van der Waals surface area contributed by atoms with Gasteiger partial charge in [0.05, 0.1) is 5.92 Å². The van der Waals surface area contributed by atoms with Gasteiger partial charge < -0.3 is 15.5 Å². The summed E-state index contributed by atoms with van der Waals surface area (Å²) < 4.78 is 0. The van der Waals surface area contributed by atoms with Crippen LogP contribution in [0.2, 0.25) is 0 Å². The van der Waals surface area contributed by atoms with Gasteiger partial charge in [-0.1, -0.05) is 77.6 Å². The largest absolute Gasteiger partial charge is 0.481 e. The molecule has 0 aliphatic carbocycles. The molecular weight excluding hydrogens is 486 g/mol. The van der Waals surface area contributed by atoms with Crippen LogP contribution >= 0.6 is 0 Å². The van der Waals surface area contributed by atoms with Crippen LogP contribution in [0.5, 0.6) is 0 Å². The van der Waals surface area contributed by atoms with E-state index in [-0.39, 0.29) is 49.1 Å². The monoisotopic (exact) mass is 539 g/mol. The predicted octanol–water partition coefficient (Wildman–Crippen LogP) is 6.48. The molecule has 0 aromatic carbocycles. The number of carbonyl (C=O) groups excluding carboxylic acids is 3. The Labute approximate surface area is 229 Å². The molecule has 1 amide bonds. The van der Waals surface area contributed by atoms with Crippen LogP contribution in [0.15, 0.2) is 0 Å². The maximum atomic E-state index is 12.3. The van der Waals surface area contributed by atoms with E-state index in [2.05, 4.69) is 5.32 Å². The standard InChI is InChI=1S/C30H53NO7/c1-24(25(2)32)17-15-16-22-31-28(34)21-20-26(30(37)38)23-27(33)18-13-11-9-7-5-3-4-6-8-10-12-14-19-29(35)36/h24,26H,3-23H2,1-2H3,(H,31,34)(H,35,36)(H,37,38)/t24-,26+/m0/s1. The predicted molar refractivity (Wildman–Crippen MR) is 149 cm³/mol. The first-order valence-electron chi connectivity index (χ1n) is 14.9.